The van der Waals surface area contributed by atoms with Crippen LogP contribution in [0.4, 0.5) is 4.79 Å². The van der Waals surface area contributed by atoms with Crippen molar-refractivity contribution in [2.75, 3.05) is 13.7 Å². The molecule has 1 aromatic heterocycles. The van der Waals surface area contributed by atoms with E-state index in [1.807, 2.05) is 45.0 Å². The summed E-state index contributed by atoms with van der Waals surface area (Å²) in [6.45, 7) is 9.80. The van der Waals surface area contributed by atoms with E-state index in [-0.39, 0.29) is 32.0 Å². The lowest BCUT2D eigenvalue weighted by atomic mass is 10.2. The first-order valence-corrected chi connectivity index (χ1v) is 15.4. The molecule has 2 heterocycles. The van der Waals surface area contributed by atoms with Crippen molar-refractivity contribution in [1.82, 2.24) is 19.9 Å². The van der Waals surface area contributed by atoms with Crippen LogP contribution in [-0.4, -0.2) is 73.3 Å². The van der Waals surface area contributed by atoms with Crippen LogP contribution >= 0.6 is 0 Å². The second kappa shape index (κ2) is 13.9. The zero-order valence-corrected chi connectivity index (χ0v) is 25.2. The molecule has 2 saturated carbocycles. The predicted molar refractivity (Wildman–Crippen MR) is 163 cm³/mol. The number of aromatic nitrogens is 1. The molecule has 2 aromatic rings. The Bertz CT molecular complexity index is 1460. The van der Waals surface area contributed by atoms with Gasteiger partial charge in [-0.1, -0.05) is 24.3 Å². The Morgan fingerprint density at radius 2 is 1.83 bits per heavy atom. The number of H-pyrrole nitrogens is 1. The van der Waals surface area contributed by atoms with Crippen molar-refractivity contribution in [2.45, 2.75) is 75.8 Å². The number of aromatic amines is 1. The Kier molecular flexibility index (Phi) is 10.8. The summed E-state index contributed by atoms with van der Waals surface area (Å²) >= 11 is 0. The first kappa shape index (κ1) is 32.6. The number of carbonyl (C=O) groups excluding carboxylic acids is 3. The van der Waals surface area contributed by atoms with Gasteiger partial charge in [0.05, 0.1) is 17.7 Å². The highest BCUT2D eigenvalue weighted by Gasteiger charge is 2.41. The molecule has 234 valence electrons. The molecule has 3 aliphatic rings. The summed E-state index contributed by atoms with van der Waals surface area (Å²) in [5.41, 5.74) is -0.623. The third-order valence-electron chi connectivity index (χ3n) is 6.82. The van der Waals surface area contributed by atoms with E-state index in [1.165, 1.54) is 0 Å². The van der Waals surface area contributed by atoms with Gasteiger partial charge in [-0.3, -0.25) is 24.0 Å². The Hall–Kier alpha value is -3.87. The second-order valence-corrected chi connectivity index (χ2v) is 13.3. The lowest BCUT2D eigenvalue weighted by Crippen LogP contribution is -2.48. The number of nitrogens with one attached hydrogen (secondary N) is 3. The molecule has 1 aromatic carbocycles. The fourth-order valence-electron chi connectivity index (χ4n) is 4.39. The molecule has 3 fully saturated rings. The molecule has 1 saturated heterocycles. The lowest BCUT2D eigenvalue weighted by molar-refractivity contribution is -0.125. The van der Waals surface area contributed by atoms with Gasteiger partial charge in [0.1, 0.15) is 17.4 Å². The van der Waals surface area contributed by atoms with Gasteiger partial charge in [-0.25, -0.2) is 13.2 Å². The number of pyridine rings is 1. The van der Waals surface area contributed by atoms with Crippen molar-refractivity contribution >= 4 is 39.2 Å². The van der Waals surface area contributed by atoms with E-state index in [0.717, 1.165) is 18.2 Å². The number of hydrogen-bond donors (Lipinski definition) is 3. The zero-order valence-electron chi connectivity index (χ0n) is 24.4. The van der Waals surface area contributed by atoms with Crippen LogP contribution in [-0.2, 0) is 24.3 Å². The molecule has 0 spiro atoms. The van der Waals surface area contributed by atoms with Crippen molar-refractivity contribution in [3.63, 3.8) is 0 Å². The second-order valence-electron chi connectivity index (χ2n) is 11.3. The average Bonchev–Trinajstić information content (AvgIpc) is 3.86. The van der Waals surface area contributed by atoms with Crippen molar-refractivity contribution in [3.05, 3.63) is 53.5 Å². The van der Waals surface area contributed by atoms with Crippen LogP contribution in [0, 0.1) is 5.92 Å². The highest BCUT2D eigenvalue weighted by Crippen LogP contribution is 2.32. The number of nitrogens with zero attached hydrogens (tertiary/aromatic N) is 1. The quantitative estimate of drug-likeness (QED) is 0.318. The lowest BCUT2D eigenvalue weighted by Gasteiger charge is -2.28. The number of benzene rings is 1. The zero-order chi connectivity index (χ0) is 31.1. The van der Waals surface area contributed by atoms with Crippen molar-refractivity contribution in [1.29, 1.82) is 0 Å². The number of fused-ring (bicyclic) bond motifs is 1. The maximum absolute atomic E-state index is 12.2. The van der Waals surface area contributed by atoms with Crippen molar-refractivity contribution < 1.29 is 35.1 Å². The van der Waals surface area contributed by atoms with Crippen molar-refractivity contribution in [3.8, 4) is 5.75 Å². The summed E-state index contributed by atoms with van der Waals surface area (Å²) in [7, 11) is -1.67. The number of methoxy groups -OCH3 is 1. The molecule has 42 heavy (non-hydrogen) atoms. The van der Waals surface area contributed by atoms with Gasteiger partial charge in [-0.05, 0) is 64.9 Å². The number of likely N-dealkylation sites (tertiary alicyclic amines) is 1. The van der Waals surface area contributed by atoms with Crippen LogP contribution in [0.5, 0.6) is 5.75 Å². The summed E-state index contributed by atoms with van der Waals surface area (Å²) in [5, 5.41) is 4.18. The number of sulfonamides is 1. The highest BCUT2D eigenvalue weighted by molar-refractivity contribution is 7.90. The topological polar surface area (TPSA) is 164 Å². The van der Waals surface area contributed by atoms with E-state index < -0.39 is 27.8 Å². The number of rotatable bonds is 7. The van der Waals surface area contributed by atoms with Gasteiger partial charge in [-0.2, -0.15) is 0 Å². The van der Waals surface area contributed by atoms with Crippen LogP contribution in [0.25, 0.3) is 10.8 Å². The Morgan fingerprint density at radius 3 is 2.38 bits per heavy atom. The first-order valence-electron chi connectivity index (χ1n) is 13.8. The summed E-state index contributed by atoms with van der Waals surface area (Å²) < 4.78 is 33.5. The maximum Gasteiger partial charge on any atom is 0.410 e. The van der Waals surface area contributed by atoms with Gasteiger partial charge in [0.15, 0.2) is 0 Å². The number of hydrogen-bond acceptors (Lipinski definition) is 8. The molecular formula is C29H44N4O8S. The normalized spacial score (nSPS) is 21.0. The molecule has 0 bridgehead atoms. The molecule has 3 N–H and O–H groups in total. The standard InChI is InChI=1S/C15H24N2O3.C10H9NO2.C4H7NO3S.2H2/c1-5-10-9-11(10)16-13(18)12-7-6-8-17(12)14(19)20-15(2,3)4;1-13-9-6-11-10(12)8-5-3-2-4-7(8)9;6-3-5-9(7,8)4-1-2-4;;/h5,10-12H,1,6-9H2,2-4H3,(H,16,18);2-6H,1H3,(H,11,12);3-4H,1-2H2,(H,5,6);2*1H/t10-,11-,12+;;;;/m1..../s1. The molecule has 2 aliphatic carbocycles. The first-order chi connectivity index (χ1) is 19.8. The summed E-state index contributed by atoms with van der Waals surface area (Å²) in [6.07, 6.45) is 7.11. The van der Waals surface area contributed by atoms with Crippen LogP contribution in [0.2, 0.25) is 0 Å². The highest BCUT2D eigenvalue weighted by atomic mass is 32.2. The van der Waals surface area contributed by atoms with E-state index >= 15 is 0 Å². The van der Waals surface area contributed by atoms with Gasteiger partial charge in [0, 0.05) is 27.0 Å². The van der Waals surface area contributed by atoms with Crippen LogP contribution in [0.3, 0.4) is 0 Å². The minimum absolute atomic E-state index is 0. The van der Waals surface area contributed by atoms with E-state index in [1.54, 1.807) is 29.0 Å². The third-order valence-corrected chi connectivity index (χ3v) is 8.59. The van der Waals surface area contributed by atoms with Crippen LogP contribution in [0.1, 0.15) is 55.7 Å². The third kappa shape index (κ3) is 9.07. The molecule has 0 radical (unpaired) electrons. The Labute approximate surface area is 248 Å². The van der Waals surface area contributed by atoms with Gasteiger partial charge in [-0.15, -0.1) is 6.58 Å². The molecule has 0 unspecified atom stereocenters. The van der Waals surface area contributed by atoms with E-state index in [2.05, 4.69) is 16.9 Å². The van der Waals surface area contributed by atoms with Gasteiger partial charge < -0.3 is 19.8 Å². The molecular weight excluding hydrogens is 564 g/mol. The van der Waals surface area contributed by atoms with Crippen LogP contribution < -0.4 is 20.3 Å². The molecule has 13 heteroatoms. The molecule has 1 aliphatic heterocycles. The van der Waals surface area contributed by atoms with E-state index in [9.17, 15) is 27.6 Å². The minimum Gasteiger partial charge on any atom is -0.495 e. The number of amides is 3. The van der Waals surface area contributed by atoms with Crippen molar-refractivity contribution in [2.24, 2.45) is 5.92 Å². The maximum atomic E-state index is 12.2. The monoisotopic (exact) mass is 608 g/mol. The van der Waals surface area contributed by atoms with Crippen LogP contribution in [0.15, 0.2) is 47.9 Å². The SMILES string of the molecule is C=C[C@@H]1C[C@H]1NC(=O)[C@@H]1CCCN1C(=O)OC(C)(C)C.COc1c[nH]c(=O)c2ccccc12.O=CNS(=O)(=O)C1CC1.[HH].[HH]. The summed E-state index contributed by atoms with van der Waals surface area (Å²) in [6, 6.07) is 7.15. The molecule has 5 rings (SSSR count). The fraction of sp³-hybridized carbons (Fsp3) is 0.517. The number of ether oxygens (including phenoxy) is 2. The molecule has 3 amide bonds. The van der Waals surface area contributed by atoms with E-state index in [0.29, 0.717) is 42.9 Å². The summed E-state index contributed by atoms with van der Waals surface area (Å²) in [5.74, 6) is 1.01. The van der Waals surface area contributed by atoms with Gasteiger partial charge in [0.25, 0.3) is 5.56 Å². The largest absolute Gasteiger partial charge is 0.495 e. The smallest absolute Gasteiger partial charge is 0.410 e. The van der Waals surface area contributed by atoms with Gasteiger partial charge >= 0.3 is 6.09 Å². The predicted octanol–water partition coefficient (Wildman–Crippen LogP) is 3.33. The van der Waals surface area contributed by atoms with E-state index in [4.69, 9.17) is 9.47 Å². The molecule has 12 nitrogen and oxygen atoms in total. The Balaban J connectivity index is 0.000000348. The van der Waals surface area contributed by atoms with Gasteiger partial charge in [0.2, 0.25) is 22.3 Å². The fourth-order valence-corrected chi connectivity index (χ4v) is 5.47. The summed E-state index contributed by atoms with van der Waals surface area (Å²) in [4.78, 5) is 49.5. The average molecular weight is 609 g/mol. The minimum atomic E-state index is -3.26. The number of carbonyl (C=O) groups is 3. The molecule has 3 atom stereocenters. The Morgan fingerprint density at radius 1 is 1.17 bits per heavy atom.